The van der Waals surface area contributed by atoms with Crippen LogP contribution in [-0.4, -0.2) is 12.1 Å². The zero-order valence-corrected chi connectivity index (χ0v) is 10.9. The predicted molar refractivity (Wildman–Crippen MR) is 66.1 cm³/mol. The van der Waals surface area contributed by atoms with E-state index in [-0.39, 0.29) is 12.1 Å². The van der Waals surface area contributed by atoms with Gasteiger partial charge in [-0.25, -0.2) is 4.79 Å². The Kier molecular flexibility index (Phi) is 3.33. The molecule has 2 nitrogen and oxygen atoms in total. The van der Waals surface area contributed by atoms with E-state index in [0.29, 0.717) is 0 Å². The van der Waals surface area contributed by atoms with Gasteiger partial charge in [0.15, 0.2) is 0 Å². The van der Waals surface area contributed by atoms with Crippen molar-refractivity contribution >= 4 is 17.3 Å². The van der Waals surface area contributed by atoms with Crippen LogP contribution in [0.3, 0.4) is 0 Å². The Morgan fingerprint density at radius 1 is 1.56 bits per heavy atom. The Labute approximate surface area is 101 Å². The highest BCUT2D eigenvalue weighted by Crippen LogP contribution is 2.33. The van der Waals surface area contributed by atoms with Crippen molar-refractivity contribution in [2.75, 3.05) is 0 Å². The highest BCUT2D eigenvalue weighted by molar-refractivity contribution is 7.10. The van der Waals surface area contributed by atoms with Crippen LogP contribution < -0.4 is 0 Å². The Bertz CT molecular complexity index is 393. The molecule has 1 aromatic heterocycles. The van der Waals surface area contributed by atoms with Gasteiger partial charge in [0.05, 0.1) is 11.7 Å². The number of esters is 1. The Balaban J connectivity index is 2.20. The molecule has 0 amide bonds. The molecule has 1 heterocycles. The molecule has 88 valence electrons. The SMILES string of the molecule is CC(C)OC(=O)c1csc2c1CC[C@@H](C)C2. The van der Waals surface area contributed by atoms with Crippen molar-refractivity contribution in [3.8, 4) is 0 Å². The summed E-state index contributed by atoms with van der Waals surface area (Å²) in [4.78, 5) is 13.2. The molecule has 0 N–H and O–H groups in total. The van der Waals surface area contributed by atoms with Gasteiger partial charge in [-0.1, -0.05) is 6.92 Å². The standard InChI is InChI=1S/C13H18O2S/c1-8(2)15-13(14)11-7-16-12-6-9(3)4-5-10(11)12/h7-9H,4-6H2,1-3H3/t9-/m1/s1. The summed E-state index contributed by atoms with van der Waals surface area (Å²) in [6, 6.07) is 0. The van der Waals surface area contributed by atoms with E-state index in [9.17, 15) is 4.79 Å². The third-order valence-electron chi connectivity index (χ3n) is 2.96. The van der Waals surface area contributed by atoms with Crippen LogP contribution in [0.15, 0.2) is 5.38 Å². The summed E-state index contributed by atoms with van der Waals surface area (Å²) in [7, 11) is 0. The minimum Gasteiger partial charge on any atom is -0.459 e. The van der Waals surface area contributed by atoms with Crippen molar-refractivity contribution in [1.82, 2.24) is 0 Å². The van der Waals surface area contributed by atoms with Crippen LogP contribution in [0.1, 0.15) is 48.0 Å². The lowest BCUT2D eigenvalue weighted by atomic mass is 9.88. The molecule has 1 atom stereocenters. The first-order valence-electron chi connectivity index (χ1n) is 5.88. The molecule has 16 heavy (non-hydrogen) atoms. The van der Waals surface area contributed by atoms with Gasteiger partial charge in [-0.3, -0.25) is 0 Å². The topological polar surface area (TPSA) is 26.3 Å². The highest BCUT2D eigenvalue weighted by atomic mass is 32.1. The molecule has 1 aromatic rings. The largest absolute Gasteiger partial charge is 0.459 e. The van der Waals surface area contributed by atoms with E-state index in [1.807, 2.05) is 19.2 Å². The van der Waals surface area contributed by atoms with Crippen LogP contribution in [-0.2, 0) is 17.6 Å². The van der Waals surface area contributed by atoms with E-state index in [1.165, 1.54) is 16.9 Å². The molecule has 0 saturated heterocycles. The van der Waals surface area contributed by atoms with Crippen molar-refractivity contribution < 1.29 is 9.53 Å². The lowest BCUT2D eigenvalue weighted by Gasteiger charge is -2.18. The van der Waals surface area contributed by atoms with Gasteiger partial charge >= 0.3 is 5.97 Å². The molecule has 0 unspecified atom stereocenters. The lowest BCUT2D eigenvalue weighted by molar-refractivity contribution is 0.0377. The molecule has 0 radical (unpaired) electrons. The second-order valence-corrected chi connectivity index (χ2v) is 5.82. The normalized spacial score (nSPS) is 19.6. The van der Waals surface area contributed by atoms with Crippen LogP contribution >= 0.6 is 11.3 Å². The van der Waals surface area contributed by atoms with Crippen molar-refractivity contribution in [3.05, 3.63) is 21.4 Å². The maximum absolute atomic E-state index is 11.9. The quantitative estimate of drug-likeness (QED) is 0.738. The summed E-state index contributed by atoms with van der Waals surface area (Å²) in [5, 5.41) is 1.97. The van der Waals surface area contributed by atoms with Gasteiger partial charge in [-0.15, -0.1) is 11.3 Å². The molecule has 1 aliphatic carbocycles. The number of hydrogen-bond acceptors (Lipinski definition) is 3. The molecule has 0 fully saturated rings. The maximum Gasteiger partial charge on any atom is 0.339 e. The fourth-order valence-corrected chi connectivity index (χ4v) is 3.36. The molecular formula is C13H18O2S. The molecule has 0 aromatic carbocycles. The Morgan fingerprint density at radius 2 is 2.31 bits per heavy atom. The molecule has 0 spiro atoms. The average Bonchev–Trinajstić information content (AvgIpc) is 2.59. The lowest BCUT2D eigenvalue weighted by Crippen LogP contribution is -2.15. The first-order chi connectivity index (χ1) is 7.58. The van der Waals surface area contributed by atoms with Gasteiger partial charge in [-0.2, -0.15) is 0 Å². The van der Waals surface area contributed by atoms with Gasteiger partial charge in [0.2, 0.25) is 0 Å². The van der Waals surface area contributed by atoms with E-state index < -0.39 is 0 Å². The summed E-state index contributed by atoms with van der Waals surface area (Å²) in [6.45, 7) is 6.05. The van der Waals surface area contributed by atoms with Crippen LogP contribution in [0.4, 0.5) is 0 Å². The first-order valence-corrected chi connectivity index (χ1v) is 6.76. The molecule has 0 aliphatic heterocycles. The summed E-state index contributed by atoms with van der Waals surface area (Å²) >= 11 is 1.71. The minimum atomic E-state index is -0.151. The van der Waals surface area contributed by atoms with Crippen molar-refractivity contribution in [2.24, 2.45) is 5.92 Å². The fourth-order valence-electron chi connectivity index (χ4n) is 2.13. The van der Waals surface area contributed by atoms with E-state index >= 15 is 0 Å². The zero-order valence-electron chi connectivity index (χ0n) is 10.1. The molecule has 0 bridgehead atoms. The van der Waals surface area contributed by atoms with Crippen LogP contribution in [0.2, 0.25) is 0 Å². The number of carbonyl (C=O) groups is 1. The van der Waals surface area contributed by atoms with Gasteiger partial charge in [0.1, 0.15) is 0 Å². The molecule has 2 rings (SSSR count). The van der Waals surface area contributed by atoms with Gasteiger partial charge in [0, 0.05) is 10.3 Å². The van der Waals surface area contributed by atoms with Gasteiger partial charge in [-0.05, 0) is 44.6 Å². The number of hydrogen-bond donors (Lipinski definition) is 0. The number of carbonyl (C=O) groups excluding carboxylic acids is 1. The number of rotatable bonds is 2. The van der Waals surface area contributed by atoms with Crippen LogP contribution in [0, 0.1) is 5.92 Å². The summed E-state index contributed by atoms with van der Waals surface area (Å²) in [5.41, 5.74) is 2.05. The van der Waals surface area contributed by atoms with E-state index in [2.05, 4.69) is 6.92 Å². The zero-order chi connectivity index (χ0) is 11.7. The second-order valence-electron chi connectivity index (χ2n) is 4.85. The Morgan fingerprint density at radius 3 is 3.00 bits per heavy atom. The maximum atomic E-state index is 11.9. The van der Waals surface area contributed by atoms with Gasteiger partial charge in [0.25, 0.3) is 0 Å². The number of thiophene rings is 1. The van der Waals surface area contributed by atoms with E-state index in [0.717, 1.165) is 24.3 Å². The van der Waals surface area contributed by atoms with E-state index in [1.54, 1.807) is 11.3 Å². The second kappa shape index (κ2) is 4.58. The monoisotopic (exact) mass is 238 g/mol. The number of fused-ring (bicyclic) bond motifs is 1. The molecule has 3 heteroatoms. The highest BCUT2D eigenvalue weighted by Gasteiger charge is 2.24. The van der Waals surface area contributed by atoms with Gasteiger partial charge < -0.3 is 4.74 Å². The summed E-state index contributed by atoms with van der Waals surface area (Å²) in [6.07, 6.45) is 3.30. The third kappa shape index (κ3) is 2.29. The summed E-state index contributed by atoms with van der Waals surface area (Å²) in [5.74, 6) is 0.599. The smallest absolute Gasteiger partial charge is 0.339 e. The molecular weight excluding hydrogens is 220 g/mol. The van der Waals surface area contributed by atoms with Crippen molar-refractivity contribution in [2.45, 2.75) is 46.1 Å². The molecule has 1 aliphatic rings. The van der Waals surface area contributed by atoms with Crippen molar-refractivity contribution in [1.29, 1.82) is 0 Å². The summed E-state index contributed by atoms with van der Waals surface area (Å²) < 4.78 is 5.26. The van der Waals surface area contributed by atoms with Crippen LogP contribution in [0.25, 0.3) is 0 Å². The third-order valence-corrected chi connectivity index (χ3v) is 4.02. The minimum absolute atomic E-state index is 0.0365. The van der Waals surface area contributed by atoms with E-state index in [4.69, 9.17) is 4.74 Å². The van der Waals surface area contributed by atoms with Crippen molar-refractivity contribution in [3.63, 3.8) is 0 Å². The fraction of sp³-hybridized carbons (Fsp3) is 0.615. The first kappa shape index (κ1) is 11.6. The molecule has 0 saturated carbocycles. The predicted octanol–water partition coefficient (Wildman–Crippen LogP) is 3.44. The van der Waals surface area contributed by atoms with Crippen LogP contribution in [0.5, 0.6) is 0 Å². The average molecular weight is 238 g/mol. The Hall–Kier alpha value is -0.830. The number of ether oxygens (including phenoxy) is 1.